The van der Waals surface area contributed by atoms with Gasteiger partial charge in [0, 0.05) is 40.6 Å². The largest absolute Gasteiger partial charge is 0.422 e. The minimum absolute atomic E-state index is 0.369. The van der Waals surface area contributed by atoms with Crippen LogP contribution in [0.5, 0.6) is 0 Å². The molecular weight excluding hydrogens is 338 g/mol. The van der Waals surface area contributed by atoms with Crippen molar-refractivity contribution in [3.8, 4) is 0 Å². The maximum atomic E-state index is 12.5. The summed E-state index contributed by atoms with van der Waals surface area (Å²) in [4.78, 5) is 20.2. The maximum absolute atomic E-state index is 12.5. The van der Waals surface area contributed by atoms with E-state index in [1.807, 2.05) is 42.6 Å². The highest BCUT2D eigenvalue weighted by atomic mass is 16.4. The number of hydrogen-bond donors (Lipinski definition) is 2. The number of para-hydroxylation sites is 2. The molecule has 0 spiro atoms. The molecule has 3 heterocycles. The number of aromatic nitrogens is 2. The van der Waals surface area contributed by atoms with Crippen molar-refractivity contribution in [2.75, 3.05) is 11.9 Å². The summed E-state index contributed by atoms with van der Waals surface area (Å²) in [7, 11) is 0. The van der Waals surface area contributed by atoms with Crippen molar-refractivity contribution in [2.45, 2.75) is 6.42 Å². The Labute approximate surface area is 154 Å². The maximum Gasteiger partial charge on any atom is 0.347 e. The van der Waals surface area contributed by atoms with Gasteiger partial charge in [-0.05, 0) is 30.2 Å². The van der Waals surface area contributed by atoms with E-state index in [9.17, 15) is 4.79 Å². The molecule has 2 N–H and O–H groups in total. The molecule has 0 bridgehead atoms. The molecule has 27 heavy (non-hydrogen) atoms. The Morgan fingerprint density at radius 1 is 0.963 bits per heavy atom. The normalized spacial score (nSPS) is 11.4. The van der Waals surface area contributed by atoms with Crippen molar-refractivity contribution in [3.63, 3.8) is 0 Å². The van der Waals surface area contributed by atoms with Crippen molar-refractivity contribution in [2.24, 2.45) is 0 Å². The van der Waals surface area contributed by atoms with Gasteiger partial charge in [-0.15, -0.1) is 0 Å². The fraction of sp³-hybridized carbons (Fsp3) is 0.0909. The second kappa shape index (κ2) is 6.29. The number of aromatic amines is 1. The summed E-state index contributed by atoms with van der Waals surface area (Å²) in [6.07, 6.45) is 4.58. The number of H-pyrrole nitrogens is 1. The summed E-state index contributed by atoms with van der Waals surface area (Å²) in [6.45, 7) is 0.667. The third-order valence-electron chi connectivity index (χ3n) is 4.90. The molecule has 0 aliphatic rings. The van der Waals surface area contributed by atoms with Gasteiger partial charge in [-0.2, -0.15) is 0 Å². The summed E-state index contributed by atoms with van der Waals surface area (Å²) in [5.41, 5.74) is 2.58. The molecule has 0 atom stereocenters. The monoisotopic (exact) mass is 355 g/mol. The lowest BCUT2D eigenvalue weighted by molar-refractivity contribution is 0.569. The van der Waals surface area contributed by atoms with E-state index < -0.39 is 0 Å². The van der Waals surface area contributed by atoms with Gasteiger partial charge in [-0.25, -0.2) is 9.78 Å². The quantitative estimate of drug-likeness (QED) is 0.368. The van der Waals surface area contributed by atoms with Crippen LogP contribution in [0.2, 0.25) is 0 Å². The van der Waals surface area contributed by atoms with Crippen LogP contribution in [0, 0.1) is 0 Å². The van der Waals surface area contributed by atoms with Crippen LogP contribution in [0.3, 0.4) is 0 Å². The van der Waals surface area contributed by atoms with E-state index in [0.717, 1.165) is 22.7 Å². The lowest BCUT2D eigenvalue weighted by Gasteiger charge is -2.09. The van der Waals surface area contributed by atoms with Crippen molar-refractivity contribution in [3.05, 3.63) is 83.0 Å². The first kappa shape index (κ1) is 15.6. The molecule has 0 amide bonds. The Bertz CT molecular complexity index is 1330. The van der Waals surface area contributed by atoms with E-state index in [2.05, 4.69) is 27.4 Å². The molecule has 0 saturated heterocycles. The highest BCUT2D eigenvalue weighted by Gasteiger charge is 2.12. The van der Waals surface area contributed by atoms with E-state index in [1.165, 1.54) is 10.9 Å². The van der Waals surface area contributed by atoms with Crippen LogP contribution >= 0.6 is 0 Å². The molecule has 2 aromatic carbocycles. The van der Waals surface area contributed by atoms with Gasteiger partial charge < -0.3 is 14.7 Å². The third-order valence-corrected chi connectivity index (χ3v) is 4.90. The zero-order valence-corrected chi connectivity index (χ0v) is 14.5. The van der Waals surface area contributed by atoms with Gasteiger partial charge in [-0.3, -0.25) is 0 Å². The summed E-state index contributed by atoms with van der Waals surface area (Å²) in [5, 5.41) is 6.79. The lowest BCUT2D eigenvalue weighted by Crippen LogP contribution is -2.10. The van der Waals surface area contributed by atoms with Gasteiger partial charge in [0.1, 0.15) is 16.8 Å². The molecule has 3 aromatic heterocycles. The topological polar surface area (TPSA) is 70.9 Å². The second-order valence-corrected chi connectivity index (χ2v) is 6.50. The van der Waals surface area contributed by atoms with Crippen molar-refractivity contribution >= 4 is 38.5 Å². The van der Waals surface area contributed by atoms with Crippen molar-refractivity contribution in [1.29, 1.82) is 0 Å². The first-order chi connectivity index (χ1) is 13.3. The first-order valence-electron chi connectivity index (χ1n) is 8.91. The van der Waals surface area contributed by atoms with Crippen molar-refractivity contribution < 1.29 is 4.42 Å². The SMILES string of the molecule is O=c1oc2ccccc2c2ccnc(NCCc3c[nH]c4ccccc34)c12. The van der Waals surface area contributed by atoms with E-state index >= 15 is 0 Å². The van der Waals surface area contributed by atoms with Crippen LogP contribution in [0.4, 0.5) is 5.82 Å². The van der Waals surface area contributed by atoms with Gasteiger partial charge in [0.15, 0.2) is 0 Å². The average Bonchev–Trinajstić information content (AvgIpc) is 3.11. The molecule has 0 aliphatic carbocycles. The smallest absolute Gasteiger partial charge is 0.347 e. The molecule has 5 nitrogen and oxygen atoms in total. The standard InChI is InChI=1S/C22H17N3O2/c26-22-20-17(16-6-2-4-8-19(16)27-22)10-12-24-21(20)23-11-9-14-13-25-18-7-3-1-5-15(14)18/h1-8,10,12-13,25H,9,11H2,(H,23,24). The Morgan fingerprint density at radius 3 is 2.70 bits per heavy atom. The van der Waals surface area contributed by atoms with Crippen LogP contribution in [0.1, 0.15) is 5.56 Å². The second-order valence-electron chi connectivity index (χ2n) is 6.50. The molecule has 0 saturated carbocycles. The van der Waals surface area contributed by atoms with Gasteiger partial charge >= 0.3 is 5.63 Å². The van der Waals surface area contributed by atoms with E-state index in [4.69, 9.17) is 4.42 Å². The van der Waals surface area contributed by atoms with Gasteiger partial charge in [-0.1, -0.05) is 36.4 Å². The Hall–Kier alpha value is -3.60. The number of nitrogens with one attached hydrogen (secondary N) is 2. The number of benzene rings is 2. The van der Waals surface area contributed by atoms with Gasteiger partial charge in [0.25, 0.3) is 0 Å². The Morgan fingerprint density at radius 2 is 1.78 bits per heavy atom. The molecular formula is C22H17N3O2. The van der Waals surface area contributed by atoms with E-state index in [0.29, 0.717) is 23.3 Å². The van der Waals surface area contributed by atoms with Crippen LogP contribution < -0.4 is 10.9 Å². The number of rotatable bonds is 4. The average molecular weight is 355 g/mol. The van der Waals surface area contributed by atoms with E-state index in [-0.39, 0.29) is 5.63 Å². The molecule has 5 rings (SSSR count). The zero-order valence-electron chi connectivity index (χ0n) is 14.5. The van der Waals surface area contributed by atoms with Crippen LogP contribution in [-0.2, 0) is 6.42 Å². The fourth-order valence-corrected chi connectivity index (χ4v) is 3.61. The molecule has 0 aliphatic heterocycles. The summed E-state index contributed by atoms with van der Waals surface area (Å²) >= 11 is 0. The van der Waals surface area contributed by atoms with Crippen LogP contribution in [-0.4, -0.2) is 16.5 Å². The fourth-order valence-electron chi connectivity index (χ4n) is 3.61. The summed E-state index contributed by atoms with van der Waals surface area (Å²) < 4.78 is 5.48. The Balaban J connectivity index is 1.48. The minimum atomic E-state index is -0.369. The summed E-state index contributed by atoms with van der Waals surface area (Å²) in [5.74, 6) is 0.562. The summed E-state index contributed by atoms with van der Waals surface area (Å²) in [6, 6.07) is 17.6. The Kier molecular flexibility index (Phi) is 3.64. The van der Waals surface area contributed by atoms with Crippen molar-refractivity contribution in [1.82, 2.24) is 9.97 Å². The number of nitrogens with zero attached hydrogens (tertiary/aromatic N) is 1. The minimum Gasteiger partial charge on any atom is -0.422 e. The third kappa shape index (κ3) is 2.64. The van der Waals surface area contributed by atoms with Crippen LogP contribution in [0.15, 0.2) is 76.2 Å². The molecule has 0 radical (unpaired) electrons. The van der Waals surface area contributed by atoms with Gasteiger partial charge in [0.05, 0.1) is 0 Å². The lowest BCUT2D eigenvalue weighted by atomic mass is 10.1. The predicted molar refractivity (Wildman–Crippen MR) is 108 cm³/mol. The first-order valence-corrected chi connectivity index (χ1v) is 8.91. The highest BCUT2D eigenvalue weighted by molar-refractivity contribution is 6.07. The highest BCUT2D eigenvalue weighted by Crippen LogP contribution is 2.26. The van der Waals surface area contributed by atoms with Crippen LogP contribution in [0.25, 0.3) is 32.6 Å². The molecule has 5 heteroatoms. The number of hydrogen-bond acceptors (Lipinski definition) is 4. The molecule has 132 valence electrons. The number of anilines is 1. The zero-order chi connectivity index (χ0) is 18.2. The van der Waals surface area contributed by atoms with E-state index in [1.54, 1.807) is 12.3 Å². The predicted octanol–water partition coefficient (Wildman–Crippen LogP) is 4.48. The molecule has 5 aromatic rings. The number of fused-ring (bicyclic) bond motifs is 4. The molecule has 0 unspecified atom stereocenters. The molecule has 0 fully saturated rings. The number of pyridine rings is 1. The van der Waals surface area contributed by atoms with Gasteiger partial charge in [0.2, 0.25) is 0 Å².